The number of likely N-dealkylation sites (tertiary alicyclic amines) is 2. The molecule has 4 heterocycles. The van der Waals surface area contributed by atoms with Gasteiger partial charge in [0.05, 0.1) is 5.69 Å². The van der Waals surface area contributed by atoms with Crippen molar-refractivity contribution in [3.05, 3.63) is 66.1 Å². The summed E-state index contributed by atoms with van der Waals surface area (Å²) in [6.07, 6.45) is 8.07. The van der Waals surface area contributed by atoms with Crippen LogP contribution in [0.3, 0.4) is 0 Å². The maximum absolute atomic E-state index is 13.9. The molecule has 0 aliphatic carbocycles. The second-order valence-electron chi connectivity index (χ2n) is 10.3. The van der Waals surface area contributed by atoms with Crippen molar-refractivity contribution in [3.8, 4) is 0 Å². The smallest absolute Gasteiger partial charge is 0.254 e. The van der Waals surface area contributed by atoms with Crippen LogP contribution in [0.15, 0.2) is 54.9 Å². The highest BCUT2D eigenvalue weighted by Crippen LogP contribution is 2.33. The third-order valence-corrected chi connectivity index (χ3v) is 8.04. The molecule has 2 fully saturated rings. The molecule has 1 aromatic carbocycles. The summed E-state index contributed by atoms with van der Waals surface area (Å²) in [5.41, 5.74) is 0.704. The van der Waals surface area contributed by atoms with Crippen LogP contribution in [0.5, 0.6) is 0 Å². The molecule has 8 heteroatoms. The number of hydrogen-bond donors (Lipinski definition) is 2. The highest BCUT2D eigenvalue weighted by Gasteiger charge is 2.42. The molecule has 2 N–H and O–H groups in total. The molecule has 0 spiro atoms. The average molecular weight is 510 g/mol. The molecule has 1 atom stereocenters. The SMILES string of the molecule is CN1CCC(C2CCN(C(=O)[C@@](C)(NC(=O)c3ccc4cc[nH]c4c3)c3ccccn3)CC2)CC1.Cl. The number of nitrogens with zero attached hydrogens (tertiary/aromatic N) is 3. The standard InChI is InChI=1S/C28H35N5O2.ClH/c1-28(25-5-3-4-13-30-25,31-26(34)23-7-6-22-8-14-29-24(22)19-23)27(35)33-17-11-21(12-18-33)20-9-15-32(2)16-10-20;/h3-8,13-14,19-21,29H,9-12,15-18H2,1-2H3,(H,31,34);1H/t28-;/m0./s1. The van der Waals surface area contributed by atoms with E-state index in [9.17, 15) is 9.59 Å². The van der Waals surface area contributed by atoms with Gasteiger partial charge < -0.3 is 20.1 Å². The van der Waals surface area contributed by atoms with Crippen molar-refractivity contribution in [1.29, 1.82) is 0 Å². The van der Waals surface area contributed by atoms with Crippen LogP contribution < -0.4 is 5.32 Å². The molecule has 2 amide bonds. The Kier molecular flexibility index (Phi) is 8.00. The number of pyridine rings is 1. The quantitative estimate of drug-likeness (QED) is 0.540. The predicted molar refractivity (Wildman–Crippen MR) is 144 cm³/mol. The minimum absolute atomic E-state index is 0. The van der Waals surface area contributed by atoms with Gasteiger partial charge in [0.25, 0.3) is 11.8 Å². The van der Waals surface area contributed by atoms with Crippen molar-refractivity contribution < 1.29 is 9.59 Å². The monoisotopic (exact) mass is 509 g/mol. The van der Waals surface area contributed by atoms with Crippen molar-refractivity contribution in [1.82, 2.24) is 25.1 Å². The lowest BCUT2D eigenvalue weighted by atomic mass is 9.78. The van der Waals surface area contributed by atoms with Crippen LogP contribution in [0, 0.1) is 11.8 Å². The summed E-state index contributed by atoms with van der Waals surface area (Å²) >= 11 is 0. The molecular formula is C28H36ClN5O2. The number of halogens is 1. The van der Waals surface area contributed by atoms with Crippen LogP contribution in [-0.2, 0) is 10.3 Å². The maximum Gasteiger partial charge on any atom is 0.254 e. The highest BCUT2D eigenvalue weighted by atomic mass is 35.5. The van der Waals surface area contributed by atoms with E-state index in [-0.39, 0.29) is 24.2 Å². The Labute approximate surface area is 219 Å². The zero-order chi connectivity index (χ0) is 24.4. The lowest BCUT2D eigenvalue weighted by Gasteiger charge is -2.42. The van der Waals surface area contributed by atoms with Gasteiger partial charge in [-0.2, -0.15) is 0 Å². The van der Waals surface area contributed by atoms with Crippen LogP contribution in [0.25, 0.3) is 10.9 Å². The first kappa shape index (κ1) is 26.2. The fourth-order valence-corrected chi connectivity index (χ4v) is 5.76. The van der Waals surface area contributed by atoms with Gasteiger partial charge in [-0.1, -0.05) is 12.1 Å². The maximum atomic E-state index is 13.9. The van der Waals surface area contributed by atoms with Crippen molar-refractivity contribution in [3.63, 3.8) is 0 Å². The lowest BCUT2D eigenvalue weighted by Crippen LogP contribution is -2.57. The van der Waals surface area contributed by atoms with Gasteiger partial charge in [0.2, 0.25) is 0 Å². The van der Waals surface area contributed by atoms with Crippen molar-refractivity contribution in [2.75, 3.05) is 33.2 Å². The summed E-state index contributed by atoms with van der Waals surface area (Å²) in [5.74, 6) is 1.06. The predicted octanol–water partition coefficient (Wildman–Crippen LogP) is 4.21. The Balaban J connectivity index is 0.00000304. The molecule has 0 saturated carbocycles. The number of carbonyl (C=O) groups excluding carboxylic acids is 2. The highest BCUT2D eigenvalue weighted by molar-refractivity contribution is 6.01. The van der Waals surface area contributed by atoms with Crippen molar-refractivity contribution >= 4 is 35.1 Å². The third-order valence-electron chi connectivity index (χ3n) is 8.04. The molecule has 2 saturated heterocycles. The lowest BCUT2D eigenvalue weighted by molar-refractivity contribution is -0.139. The Morgan fingerprint density at radius 2 is 1.69 bits per heavy atom. The van der Waals surface area contributed by atoms with Gasteiger partial charge in [0, 0.05) is 36.6 Å². The number of H-pyrrole nitrogens is 1. The number of nitrogens with one attached hydrogen (secondary N) is 2. The van der Waals surface area contributed by atoms with Gasteiger partial charge in [0.15, 0.2) is 5.54 Å². The molecule has 7 nitrogen and oxygen atoms in total. The first-order valence-electron chi connectivity index (χ1n) is 12.7. The van der Waals surface area contributed by atoms with E-state index in [1.165, 1.54) is 25.9 Å². The van der Waals surface area contributed by atoms with Gasteiger partial charge in [-0.25, -0.2) is 0 Å². The number of fused-ring (bicyclic) bond motifs is 1. The van der Waals surface area contributed by atoms with Crippen LogP contribution >= 0.6 is 12.4 Å². The van der Waals surface area contributed by atoms with Crippen molar-refractivity contribution in [2.24, 2.45) is 11.8 Å². The number of hydrogen-bond acceptors (Lipinski definition) is 4. The Hall–Kier alpha value is -2.90. The second-order valence-corrected chi connectivity index (χ2v) is 10.3. The zero-order valence-corrected chi connectivity index (χ0v) is 21.9. The fourth-order valence-electron chi connectivity index (χ4n) is 5.76. The van der Waals surface area contributed by atoms with E-state index in [1.54, 1.807) is 19.2 Å². The molecule has 2 aliphatic rings. The Morgan fingerprint density at radius 3 is 2.36 bits per heavy atom. The van der Waals surface area contributed by atoms with Gasteiger partial charge in [-0.05, 0) is 100 Å². The summed E-state index contributed by atoms with van der Waals surface area (Å²) in [6.45, 7) is 5.57. The van der Waals surface area contributed by atoms with Gasteiger partial charge >= 0.3 is 0 Å². The van der Waals surface area contributed by atoms with E-state index in [1.807, 2.05) is 47.5 Å². The van der Waals surface area contributed by atoms with E-state index < -0.39 is 5.54 Å². The number of amides is 2. The van der Waals surface area contributed by atoms with E-state index in [2.05, 4.69) is 27.2 Å². The van der Waals surface area contributed by atoms with Crippen LogP contribution in [0.2, 0.25) is 0 Å². The number of aromatic amines is 1. The third kappa shape index (κ3) is 5.27. The van der Waals surface area contributed by atoms with E-state index >= 15 is 0 Å². The number of carbonyl (C=O) groups is 2. The van der Waals surface area contributed by atoms with Crippen LogP contribution in [0.4, 0.5) is 0 Å². The largest absolute Gasteiger partial charge is 0.361 e. The van der Waals surface area contributed by atoms with Crippen LogP contribution in [0.1, 0.15) is 48.7 Å². The zero-order valence-electron chi connectivity index (χ0n) is 21.1. The summed E-state index contributed by atoms with van der Waals surface area (Å²) in [5, 5.41) is 4.09. The molecule has 0 bridgehead atoms. The van der Waals surface area contributed by atoms with Crippen LogP contribution in [-0.4, -0.2) is 64.8 Å². The normalized spacial score (nSPS) is 19.4. The molecule has 5 rings (SSSR count). The minimum atomic E-state index is -1.25. The summed E-state index contributed by atoms with van der Waals surface area (Å²) in [6, 6.07) is 13.0. The molecule has 3 aromatic rings. The number of aromatic nitrogens is 2. The van der Waals surface area contributed by atoms with E-state index in [0.717, 1.165) is 42.8 Å². The first-order valence-corrected chi connectivity index (χ1v) is 12.7. The minimum Gasteiger partial charge on any atom is -0.361 e. The molecule has 2 aliphatic heterocycles. The van der Waals surface area contributed by atoms with E-state index in [0.29, 0.717) is 17.2 Å². The summed E-state index contributed by atoms with van der Waals surface area (Å²) in [7, 11) is 2.19. The van der Waals surface area contributed by atoms with Crippen molar-refractivity contribution in [2.45, 2.75) is 38.1 Å². The molecule has 0 unspecified atom stereocenters. The number of piperidine rings is 2. The topological polar surface area (TPSA) is 81.3 Å². The number of benzene rings is 1. The van der Waals surface area contributed by atoms with Gasteiger partial charge in [-0.15, -0.1) is 12.4 Å². The summed E-state index contributed by atoms with van der Waals surface area (Å²) in [4.78, 5) is 39.2. The van der Waals surface area contributed by atoms with Gasteiger partial charge in [0.1, 0.15) is 0 Å². The average Bonchev–Trinajstić information content (AvgIpc) is 3.37. The fraction of sp³-hybridized carbons (Fsp3) is 0.464. The molecule has 0 radical (unpaired) electrons. The first-order chi connectivity index (χ1) is 16.9. The Morgan fingerprint density at radius 1 is 1.00 bits per heavy atom. The summed E-state index contributed by atoms with van der Waals surface area (Å²) < 4.78 is 0. The number of rotatable bonds is 5. The van der Waals surface area contributed by atoms with Gasteiger partial charge in [-0.3, -0.25) is 14.6 Å². The molecule has 36 heavy (non-hydrogen) atoms. The Bertz CT molecular complexity index is 1180. The molecule has 2 aromatic heterocycles. The molecule has 192 valence electrons. The van der Waals surface area contributed by atoms with E-state index in [4.69, 9.17) is 0 Å². The second kappa shape index (κ2) is 11.0. The molecular weight excluding hydrogens is 474 g/mol.